The van der Waals surface area contributed by atoms with Crippen molar-refractivity contribution in [1.29, 1.82) is 0 Å². The number of nitrogens with one attached hydrogen (secondary N) is 1. The number of hydrogen-bond donors (Lipinski definition) is 2. The van der Waals surface area contributed by atoms with Crippen LogP contribution in [0.25, 0.3) is 0 Å². The topological polar surface area (TPSA) is 52.6 Å². The average Bonchev–Trinajstić information content (AvgIpc) is 2.36. The highest BCUT2D eigenvalue weighted by Gasteiger charge is 2.22. The normalized spacial score (nSPS) is 11.2. The molecular weight excluding hydrogens is 308 g/mol. The molecule has 1 aromatic rings. The number of hydrogen-bond acceptors (Lipinski definition) is 2. The maximum Gasteiger partial charge on any atom is 0.317 e. The molecule has 0 spiro atoms. The van der Waals surface area contributed by atoms with Crippen LogP contribution in [0.3, 0.4) is 0 Å². The fourth-order valence-electron chi connectivity index (χ4n) is 1.69. The van der Waals surface area contributed by atoms with Crippen molar-refractivity contribution in [1.82, 2.24) is 10.2 Å². The molecule has 1 aromatic carbocycles. The van der Waals surface area contributed by atoms with Crippen LogP contribution in [0, 0.1) is 0 Å². The molecule has 0 aliphatic rings. The molecule has 0 aliphatic heterocycles. The van der Waals surface area contributed by atoms with Gasteiger partial charge in [-0.05, 0) is 17.7 Å². The lowest BCUT2D eigenvalue weighted by Crippen LogP contribution is -2.44. The molecule has 0 radical (unpaired) electrons. The molecule has 2 amide bonds. The minimum atomic E-state index is -0.169. The Labute approximate surface area is 122 Å². The van der Waals surface area contributed by atoms with Gasteiger partial charge in [-0.1, -0.05) is 41.9 Å². The maximum atomic E-state index is 11.8. The number of carbonyl (C=O) groups excluding carboxylic acids is 1. The molecule has 0 bridgehead atoms. The fourth-order valence-corrected chi connectivity index (χ4v) is 2.09. The van der Waals surface area contributed by atoms with Gasteiger partial charge in [0.2, 0.25) is 0 Å². The van der Waals surface area contributed by atoms with E-state index in [4.69, 9.17) is 5.11 Å². The SMILES string of the molecule is CN(CCO)C(=O)NCC(C)(C)c1cccc(Br)c1. The summed E-state index contributed by atoms with van der Waals surface area (Å²) in [7, 11) is 1.66. The Morgan fingerprint density at radius 1 is 1.47 bits per heavy atom. The van der Waals surface area contributed by atoms with Gasteiger partial charge in [0.05, 0.1) is 6.61 Å². The van der Waals surface area contributed by atoms with Gasteiger partial charge in [-0.3, -0.25) is 0 Å². The van der Waals surface area contributed by atoms with Gasteiger partial charge < -0.3 is 15.3 Å². The van der Waals surface area contributed by atoms with E-state index in [1.807, 2.05) is 18.2 Å². The molecule has 106 valence electrons. The van der Waals surface area contributed by atoms with Crippen LogP contribution < -0.4 is 5.32 Å². The van der Waals surface area contributed by atoms with Gasteiger partial charge in [0, 0.05) is 30.0 Å². The van der Waals surface area contributed by atoms with Crippen molar-refractivity contribution in [3.8, 4) is 0 Å². The van der Waals surface area contributed by atoms with Crippen LogP contribution >= 0.6 is 15.9 Å². The van der Waals surface area contributed by atoms with Crippen molar-refractivity contribution in [2.75, 3.05) is 26.7 Å². The average molecular weight is 329 g/mol. The number of carbonyl (C=O) groups is 1. The van der Waals surface area contributed by atoms with Crippen molar-refractivity contribution in [3.63, 3.8) is 0 Å². The monoisotopic (exact) mass is 328 g/mol. The lowest BCUT2D eigenvalue weighted by Gasteiger charge is -2.27. The number of aliphatic hydroxyl groups excluding tert-OH is 1. The first-order chi connectivity index (χ1) is 8.86. The van der Waals surface area contributed by atoms with Crippen molar-refractivity contribution in [2.24, 2.45) is 0 Å². The lowest BCUT2D eigenvalue weighted by atomic mass is 9.85. The Morgan fingerprint density at radius 2 is 2.16 bits per heavy atom. The van der Waals surface area contributed by atoms with Crippen LogP contribution in [0.2, 0.25) is 0 Å². The number of amides is 2. The maximum absolute atomic E-state index is 11.8. The van der Waals surface area contributed by atoms with E-state index in [0.29, 0.717) is 13.1 Å². The van der Waals surface area contributed by atoms with Gasteiger partial charge in [0.25, 0.3) is 0 Å². The summed E-state index contributed by atoms with van der Waals surface area (Å²) in [6.07, 6.45) is 0. The molecule has 0 atom stereocenters. The smallest absolute Gasteiger partial charge is 0.317 e. The summed E-state index contributed by atoms with van der Waals surface area (Å²) in [4.78, 5) is 13.2. The van der Waals surface area contributed by atoms with E-state index in [9.17, 15) is 4.79 Å². The number of likely N-dealkylation sites (N-methyl/N-ethyl adjacent to an activating group) is 1. The van der Waals surface area contributed by atoms with Gasteiger partial charge >= 0.3 is 6.03 Å². The third-order valence-corrected chi connectivity index (χ3v) is 3.56. The predicted octanol–water partition coefficient (Wildman–Crippen LogP) is 2.36. The molecule has 0 aliphatic carbocycles. The second-order valence-electron chi connectivity index (χ2n) is 5.20. The van der Waals surface area contributed by atoms with Crippen LogP contribution in [0.4, 0.5) is 4.79 Å². The molecule has 0 heterocycles. The summed E-state index contributed by atoms with van der Waals surface area (Å²) in [5.41, 5.74) is 1.01. The van der Waals surface area contributed by atoms with Gasteiger partial charge in [0.15, 0.2) is 0 Å². The highest BCUT2D eigenvalue weighted by atomic mass is 79.9. The summed E-state index contributed by atoms with van der Waals surface area (Å²) in [6, 6.07) is 7.91. The van der Waals surface area contributed by atoms with E-state index in [-0.39, 0.29) is 18.1 Å². The van der Waals surface area contributed by atoms with E-state index in [1.165, 1.54) is 4.90 Å². The third-order valence-electron chi connectivity index (χ3n) is 3.07. The number of urea groups is 1. The first-order valence-corrected chi connectivity index (χ1v) is 7.02. The van der Waals surface area contributed by atoms with Crippen LogP contribution in [0.5, 0.6) is 0 Å². The first-order valence-electron chi connectivity index (χ1n) is 6.22. The lowest BCUT2D eigenvalue weighted by molar-refractivity contribution is 0.188. The predicted molar refractivity (Wildman–Crippen MR) is 80.3 cm³/mol. The quantitative estimate of drug-likeness (QED) is 0.871. The molecular formula is C14H21BrN2O2. The van der Waals surface area contributed by atoms with Crippen molar-refractivity contribution in [3.05, 3.63) is 34.3 Å². The second-order valence-corrected chi connectivity index (χ2v) is 6.11. The van der Waals surface area contributed by atoms with Crippen LogP contribution in [0.1, 0.15) is 19.4 Å². The number of rotatable bonds is 5. The Bertz CT molecular complexity index is 435. The molecule has 0 unspecified atom stereocenters. The summed E-state index contributed by atoms with van der Waals surface area (Å²) in [5, 5.41) is 11.7. The van der Waals surface area contributed by atoms with Crippen molar-refractivity contribution >= 4 is 22.0 Å². The Kier molecular flexibility index (Phi) is 5.82. The van der Waals surface area contributed by atoms with Gasteiger partial charge in [-0.15, -0.1) is 0 Å². The van der Waals surface area contributed by atoms with Crippen LogP contribution in [-0.2, 0) is 5.41 Å². The number of halogens is 1. The molecule has 0 saturated heterocycles. The molecule has 0 saturated carbocycles. The van der Waals surface area contributed by atoms with E-state index < -0.39 is 0 Å². The van der Waals surface area contributed by atoms with Crippen LogP contribution in [0.15, 0.2) is 28.7 Å². The minimum Gasteiger partial charge on any atom is -0.395 e. The van der Waals surface area contributed by atoms with Gasteiger partial charge in [0.1, 0.15) is 0 Å². The summed E-state index contributed by atoms with van der Waals surface area (Å²) >= 11 is 3.46. The van der Waals surface area contributed by atoms with Crippen molar-refractivity contribution in [2.45, 2.75) is 19.3 Å². The molecule has 19 heavy (non-hydrogen) atoms. The highest BCUT2D eigenvalue weighted by Crippen LogP contribution is 2.25. The molecule has 2 N–H and O–H groups in total. The summed E-state index contributed by atoms with van der Waals surface area (Å²) in [6.45, 7) is 5.02. The Hall–Kier alpha value is -1.07. The largest absolute Gasteiger partial charge is 0.395 e. The van der Waals surface area contributed by atoms with Gasteiger partial charge in [-0.25, -0.2) is 4.79 Å². The molecule has 1 rings (SSSR count). The van der Waals surface area contributed by atoms with Crippen molar-refractivity contribution < 1.29 is 9.90 Å². The van der Waals surface area contributed by atoms with E-state index in [0.717, 1.165) is 10.0 Å². The number of benzene rings is 1. The zero-order valence-electron chi connectivity index (χ0n) is 11.6. The number of nitrogens with zero attached hydrogens (tertiary/aromatic N) is 1. The zero-order valence-corrected chi connectivity index (χ0v) is 13.2. The first kappa shape index (κ1) is 16.0. The van der Waals surface area contributed by atoms with E-state index in [1.54, 1.807) is 7.05 Å². The Morgan fingerprint density at radius 3 is 2.74 bits per heavy atom. The standard InChI is InChI=1S/C14H21BrN2O2/c1-14(2,11-5-4-6-12(15)9-11)10-16-13(19)17(3)7-8-18/h4-6,9,18H,7-8,10H2,1-3H3,(H,16,19). The zero-order chi connectivity index (χ0) is 14.5. The second kappa shape index (κ2) is 6.91. The summed E-state index contributed by atoms with van der Waals surface area (Å²) in [5.74, 6) is 0. The highest BCUT2D eigenvalue weighted by molar-refractivity contribution is 9.10. The molecule has 4 nitrogen and oxygen atoms in total. The number of aliphatic hydroxyl groups is 1. The molecule has 5 heteroatoms. The van der Waals surface area contributed by atoms with E-state index in [2.05, 4.69) is 41.2 Å². The van der Waals surface area contributed by atoms with Crippen LogP contribution in [-0.4, -0.2) is 42.8 Å². The van der Waals surface area contributed by atoms with E-state index >= 15 is 0 Å². The molecule has 0 fully saturated rings. The third kappa shape index (κ3) is 4.84. The fraction of sp³-hybridized carbons (Fsp3) is 0.500. The summed E-state index contributed by atoms with van der Waals surface area (Å²) < 4.78 is 1.03. The molecule has 0 aromatic heterocycles. The van der Waals surface area contributed by atoms with Gasteiger partial charge in [-0.2, -0.15) is 0 Å². The Balaban J connectivity index is 2.63. The minimum absolute atomic E-state index is 0.0288.